The van der Waals surface area contributed by atoms with E-state index in [0.29, 0.717) is 16.5 Å². The minimum absolute atomic E-state index is 0.135. The fraction of sp³-hybridized carbons (Fsp3) is 0.0909. The summed E-state index contributed by atoms with van der Waals surface area (Å²) in [6, 6.07) is 4.43. The number of anilines is 1. The van der Waals surface area contributed by atoms with Gasteiger partial charge in [0.15, 0.2) is 0 Å². The number of hydrogen-bond acceptors (Lipinski definition) is 2. The number of hydrogen-bond donors (Lipinski definition) is 1. The number of benzene rings is 1. The van der Waals surface area contributed by atoms with Crippen molar-refractivity contribution >= 4 is 34.0 Å². The number of nitrogens with one attached hydrogen (secondary N) is 1. The predicted molar refractivity (Wildman–Crippen MR) is 61.1 cm³/mol. The molecule has 2 rings (SSSR count). The van der Waals surface area contributed by atoms with Crippen molar-refractivity contribution in [2.75, 3.05) is 11.2 Å². The van der Waals surface area contributed by atoms with Gasteiger partial charge >= 0.3 is 0 Å². The van der Waals surface area contributed by atoms with Crippen LogP contribution in [0.5, 0.6) is 0 Å². The third-order valence-corrected chi connectivity index (χ3v) is 2.40. The number of rotatable bonds is 2. The third kappa shape index (κ3) is 1.97. The first-order valence-corrected chi connectivity index (χ1v) is 5.14. The van der Waals surface area contributed by atoms with Gasteiger partial charge in [-0.25, -0.2) is 4.39 Å². The molecule has 1 N–H and O–H groups in total. The molecule has 1 amide bonds. The summed E-state index contributed by atoms with van der Waals surface area (Å²) >= 11 is 5.39. The molecule has 0 fully saturated rings. The summed E-state index contributed by atoms with van der Waals surface area (Å²) in [6.07, 6.45) is 2.96. The Balaban J connectivity index is 2.54. The van der Waals surface area contributed by atoms with Crippen molar-refractivity contribution in [2.24, 2.45) is 0 Å². The van der Waals surface area contributed by atoms with Crippen molar-refractivity contribution in [3.8, 4) is 0 Å². The number of fused-ring (bicyclic) bond motifs is 1. The number of alkyl halides is 1. The average molecular weight is 239 g/mol. The van der Waals surface area contributed by atoms with Crippen LogP contribution in [0.4, 0.5) is 10.1 Å². The average Bonchev–Trinajstić information content (AvgIpc) is 2.33. The van der Waals surface area contributed by atoms with Gasteiger partial charge in [-0.3, -0.25) is 9.78 Å². The highest BCUT2D eigenvalue weighted by Crippen LogP contribution is 2.24. The number of carbonyl (C=O) groups is 1. The van der Waals surface area contributed by atoms with Crippen LogP contribution >= 0.6 is 11.6 Å². The van der Waals surface area contributed by atoms with E-state index in [1.807, 2.05) is 0 Å². The van der Waals surface area contributed by atoms with E-state index in [1.54, 1.807) is 6.07 Å². The molecule has 3 nitrogen and oxygen atoms in total. The highest BCUT2D eigenvalue weighted by Gasteiger charge is 2.07. The summed E-state index contributed by atoms with van der Waals surface area (Å²) in [5.74, 6) is -0.831. The molecule has 0 saturated heterocycles. The number of nitrogens with zero attached hydrogens (tertiary/aromatic N) is 1. The number of halogens is 2. The van der Waals surface area contributed by atoms with Crippen molar-refractivity contribution in [1.82, 2.24) is 4.98 Å². The first-order chi connectivity index (χ1) is 7.72. The standard InChI is InChI=1S/C11H8ClFN2O/c12-5-11(16)15-10-2-1-9(13)8-6-14-4-3-7(8)10/h1-4,6H,5H2,(H,15,16). The molecule has 0 radical (unpaired) electrons. The molecule has 1 aromatic carbocycles. The molecule has 82 valence electrons. The lowest BCUT2D eigenvalue weighted by Gasteiger charge is -2.07. The van der Waals surface area contributed by atoms with Gasteiger partial charge in [-0.2, -0.15) is 0 Å². The number of pyridine rings is 1. The van der Waals surface area contributed by atoms with Gasteiger partial charge in [-0.05, 0) is 18.2 Å². The number of carbonyl (C=O) groups excluding carboxylic acids is 1. The van der Waals surface area contributed by atoms with Crippen LogP contribution in [0.1, 0.15) is 0 Å². The molecule has 0 bridgehead atoms. The predicted octanol–water partition coefficient (Wildman–Crippen LogP) is 2.55. The Kier molecular flexibility index (Phi) is 3.01. The molecule has 0 aliphatic carbocycles. The molecule has 0 atom stereocenters. The van der Waals surface area contributed by atoms with E-state index in [-0.39, 0.29) is 17.6 Å². The Labute approximate surface area is 96.2 Å². The van der Waals surface area contributed by atoms with E-state index in [4.69, 9.17) is 11.6 Å². The van der Waals surface area contributed by atoms with Crippen molar-refractivity contribution in [1.29, 1.82) is 0 Å². The summed E-state index contributed by atoms with van der Waals surface area (Å²) in [7, 11) is 0. The van der Waals surface area contributed by atoms with Gasteiger partial charge in [0, 0.05) is 28.9 Å². The molecule has 2 aromatic rings. The zero-order chi connectivity index (χ0) is 11.5. The molecule has 1 aromatic heterocycles. The van der Waals surface area contributed by atoms with Gasteiger partial charge in [-0.15, -0.1) is 11.6 Å². The Morgan fingerprint density at radius 1 is 1.38 bits per heavy atom. The van der Waals surface area contributed by atoms with Gasteiger partial charge < -0.3 is 5.32 Å². The normalized spacial score (nSPS) is 10.4. The first-order valence-electron chi connectivity index (χ1n) is 4.60. The van der Waals surface area contributed by atoms with Crippen LogP contribution in [0.2, 0.25) is 0 Å². The molecule has 0 saturated carbocycles. The Morgan fingerprint density at radius 2 is 2.19 bits per heavy atom. The number of amides is 1. The van der Waals surface area contributed by atoms with Crippen molar-refractivity contribution in [3.63, 3.8) is 0 Å². The summed E-state index contributed by atoms with van der Waals surface area (Å²) < 4.78 is 13.4. The van der Waals surface area contributed by atoms with E-state index >= 15 is 0 Å². The topological polar surface area (TPSA) is 42.0 Å². The molecule has 5 heteroatoms. The summed E-state index contributed by atoms with van der Waals surface area (Å²) in [6.45, 7) is 0. The minimum atomic E-state index is -0.369. The van der Waals surface area contributed by atoms with E-state index in [0.717, 1.165) is 0 Å². The maximum atomic E-state index is 13.4. The monoisotopic (exact) mass is 238 g/mol. The molecule has 0 unspecified atom stereocenters. The fourth-order valence-corrected chi connectivity index (χ4v) is 1.52. The van der Waals surface area contributed by atoms with Gasteiger partial charge in [0.25, 0.3) is 0 Å². The van der Waals surface area contributed by atoms with E-state index < -0.39 is 0 Å². The lowest BCUT2D eigenvalue weighted by atomic mass is 10.1. The van der Waals surface area contributed by atoms with Crippen LogP contribution in [0, 0.1) is 5.82 Å². The minimum Gasteiger partial charge on any atom is -0.324 e. The van der Waals surface area contributed by atoms with Gasteiger partial charge in [0.1, 0.15) is 11.7 Å². The Bertz CT molecular complexity index is 544. The largest absolute Gasteiger partial charge is 0.324 e. The molecule has 1 heterocycles. The SMILES string of the molecule is O=C(CCl)Nc1ccc(F)c2cnccc12. The van der Waals surface area contributed by atoms with Crippen LogP contribution in [0.3, 0.4) is 0 Å². The third-order valence-electron chi connectivity index (χ3n) is 2.16. The lowest BCUT2D eigenvalue weighted by molar-refractivity contribution is -0.113. The second-order valence-electron chi connectivity index (χ2n) is 3.20. The van der Waals surface area contributed by atoms with Crippen molar-refractivity contribution < 1.29 is 9.18 Å². The maximum absolute atomic E-state index is 13.4. The second kappa shape index (κ2) is 4.45. The zero-order valence-electron chi connectivity index (χ0n) is 8.21. The zero-order valence-corrected chi connectivity index (χ0v) is 8.96. The van der Waals surface area contributed by atoms with Gasteiger partial charge in [0.2, 0.25) is 5.91 Å². The molecular formula is C11H8ClFN2O. The van der Waals surface area contributed by atoms with Crippen LogP contribution in [0.15, 0.2) is 30.6 Å². The highest BCUT2D eigenvalue weighted by molar-refractivity contribution is 6.29. The maximum Gasteiger partial charge on any atom is 0.239 e. The summed E-state index contributed by atoms with van der Waals surface area (Å²) in [4.78, 5) is 15.0. The smallest absolute Gasteiger partial charge is 0.239 e. The van der Waals surface area contributed by atoms with E-state index in [1.165, 1.54) is 24.5 Å². The van der Waals surface area contributed by atoms with E-state index in [9.17, 15) is 9.18 Å². The van der Waals surface area contributed by atoms with Crippen LogP contribution in [-0.4, -0.2) is 16.8 Å². The van der Waals surface area contributed by atoms with Gasteiger partial charge in [0.05, 0.1) is 0 Å². The van der Waals surface area contributed by atoms with Crippen LogP contribution < -0.4 is 5.32 Å². The molecule has 0 spiro atoms. The first kappa shape index (κ1) is 10.8. The molecule has 0 aliphatic heterocycles. The highest BCUT2D eigenvalue weighted by atomic mass is 35.5. The van der Waals surface area contributed by atoms with E-state index in [2.05, 4.69) is 10.3 Å². The molecule has 16 heavy (non-hydrogen) atoms. The van der Waals surface area contributed by atoms with Crippen LogP contribution in [0.25, 0.3) is 10.8 Å². The Morgan fingerprint density at radius 3 is 2.94 bits per heavy atom. The second-order valence-corrected chi connectivity index (χ2v) is 3.47. The molecule has 0 aliphatic rings. The lowest BCUT2D eigenvalue weighted by Crippen LogP contribution is -2.12. The van der Waals surface area contributed by atoms with Crippen molar-refractivity contribution in [3.05, 3.63) is 36.4 Å². The fourth-order valence-electron chi connectivity index (χ4n) is 1.45. The number of aromatic nitrogens is 1. The quantitative estimate of drug-likeness (QED) is 0.817. The summed E-state index contributed by atoms with van der Waals surface area (Å²) in [5, 5.41) is 3.57. The van der Waals surface area contributed by atoms with Gasteiger partial charge in [-0.1, -0.05) is 0 Å². The van der Waals surface area contributed by atoms with Crippen LogP contribution in [-0.2, 0) is 4.79 Å². The Hall–Kier alpha value is -1.68. The molecular weight excluding hydrogens is 231 g/mol. The van der Waals surface area contributed by atoms with Crippen molar-refractivity contribution in [2.45, 2.75) is 0 Å². The summed E-state index contributed by atoms with van der Waals surface area (Å²) in [5.41, 5.74) is 0.532.